The van der Waals surface area contributed by atoms with Crippen LogP contribution in [0.5, 0.6) is 0 Å². The predicted molar refractivity (Wildman–Crippen MR) is 124 cm³/mol. The second-order valence-corrected chi connectivity index (χ2v) is 7.67. The Morgan fingerprint density at radius 2 is 1.50 bits per heavy atom. The highest BCUT2D eigenvalue weighted by atomic mass is 32.2. The van der Waals surface area contributed by atoms with Crippen molar-refractivity contribution in [1.82, 2.24) is 5.32 Å². The van der Waals surface area contributed by atoms with Crippen molar-refractivity contribution in [3.63, 3.8) is 0 Å². The van der Waals surface area contributed by atoms with Crippen LogP contribution in [-0.2, 0) is 0 Å². The van der Waals surface area contributed by atoms with Crippen molar-refractivity contribution in [2.45, 2.75) is 0 Å². The van der Waals surface area contributed by atoms with Crippen LogP contribution in [0.4, 0.5) is 17.1 Å². The highest BCUT2D eigenvalue weighted by molar-refractivity contribution is 7.99. The maximum Gasteiger partial charge on any atom is 0.265 e. The van der Waals surface area contributed by atoms with Crippen molar-refractivity contribution in [2.24, 2.45) is 0 Å². The van der Waals surface area contributed by atoms with Crippen molar-refractivity contribution in [3.05, 3.63) is 76.0 Å². The standard InChI is InChI=1S/C21H20N4O3S2/c1-22-19(26)13-6-8-15(9-7-13)23-20(27)14-10-18(30-12-14)21(28)24-16-4-3-5-17(11-16)25-29-2/h3-12,25H,1-2H3,(H,22,26)(H,23,27)(H,24,28). The van der Waals surface area contributed by atoms with E-state index in [9.17, 15) is 14.4 Å². The van der Waals surface area contributed by atoms with E-state index in [1.54, 1.807) is 48.8 Å². The summed E-state index contributed by atoms with van der Waals surface area (Å²) in [5, 5.41) is 9.77. The molecule has 0 unspecified atom stereocenters. The number of thiophene rings is 1. The van der Waals surface area contributed by atoms with E-state index in [0.29, 0.717) is 27.4 Å². The van der Waals surface area contributed by atoms with Gasteiger partial charge in [0.25, 0.3) is 17.7 Å². The molecule has 0 atom stereocenters. The smallest absolute Gasteiger partial charge is 0.265 e. The number of carbonyl (C=O) groups is 3. The molecule has 0 spiro atoms. The largest absolute Gasteiger partial charge is 0.355 e. The quantitative estimate of drug-likeness (QED) is 0.411. The zero-order chi connectivity index (χ0) is 21.5. The van der Waals surface area contributed by atoms with E-state index >= 15 is 0 Å². The van der Waals surface area contributed by atoms with E-state index < -0.39 is 0 Å². The Kier molecular flexibility index (Phi) is 7.10. The van der Waals surface area contributed by atoms with Gasteiger partial charge in [-0.3, -0.25) is 14.4 Å². The average Bonchev–Trinajstić information content (AvgIpc) is 3.25. The third-order valence-electron chi connectivity index (χ3n) is 4.06. The Labute approximate surface area is 182 Å². The second kappa shape index (κ2) is 9.95. The Balaban J connectivity index is 1.63. The molecular weight excluding hydrogens is 420 g/mol. The van der Waals surface area contributed by atoms with Crippen molar-refractivity contribution in [3.8, 4) is 0 Å². The lowest BCUT2D eigenvalue weighted by Gasteiger charge is -2.07. The lowest BCUT2D eigenvalue weighted by atomic mass is 10.2. The average molecular weight is 441 g/mol. The molecule has 0 aliphatic carbocycles. The molecule has 0 saturated heterocycles. The van der Waals surface area contributed by atoms with Crippen LogP contribution in [0.3, 0.4) is 0 Å². The number of carbonyl (C=O) groups excluding carboxylic acids is 3. The van der Waals surface area contributed by atoms with Crippen molar-refractivity contribution >= 4 is 58.1 Å². The van der Waals surface area contributed by atoms with Crippen LogP contribution in [0.1, 0.15) is 30.4 Å². The van der Waals surface area contributed by atoms with Crippen LogP contribution in [0.2, 0.25) is 0 Å². The lowest BCUT2D eigenvalue weighted by Crippen LogP contribution is -2.17. The number of rotatable bonds is 7. The Morgan fingerprint density at radius 1 is 0.800 bits per heavy atom. The number of hydrogen-bond acceptors (Lipinski definition) is 6. The number of hydrogen-bond donors (Lipinski definition) is 4. The first-order valence-electron chi connectivity index (χ1n) is 8.92. The van der Waals surface area contributed by atoms with Crippen LogP contribution in [0.15, 0.2) is 60.0 Å². The molecule has 0 aliphatic heterocycles. The molecule has 2 aromatic carbocycles. The summed E-state index contributed by atoms with van der Waals surface area (Å²) in [5.41, 5.74) is 2.99. The van der Waals surface area contributed by atoms with Gasteiger partial charge in [-0.1, -0.05) is 18.0 Å². The first-order chi connectivity index (χ1) is 14.5. The number of anilines is 3. The monoisotopic (exact) mass is 440 g/mol. The number of amides is 3. The summed E-state index contributed by atoms with van der Waals surface area (Å²) in [6.45, 7) is 0. The first-order valence-corrected chi connectivity index (χ1v) is 11.0. The highest BCUT2D eigenvalue weighted by Gasteiger charge is 2.14. The molecule has 3 amide bonds. The summed E-state index contributed by atoms with van der Waals surface area (Å²) in [5.74, 6) is -0.810. The molecule has 0 bridgehead atoms. The van der Waals surface area contributed by atoms with Crippen molar-refractivity contribution < 1.29 is 14.4 Å². The van der Waals surface area contributed by atoms with Crippen LogP contribution in [0, 0.1) is 0 Å². The molecule has 30 heavy (non-hydrogen) atoms. The molecule has 3 rings (SSSR count). The third kappa shape index (κ3) is 5.40. The fourth-order valence-electron chi connectivity index (χ4n) is 2.60. The Bertz CT molecular complexity index is 1060. The molecule has 0 saturated carbocycles. The summed E-state index contributed by atoms with van der Waals surface area (Å²) in [4.78, 5) is 37.0. The summed E-state index contributed by atoms with van der Waals surface area (Å²) < 4.78 is 3.11. The summed E-state index contributed by atoms with van der Waals surface area (Å²) in [6.07, 6.45) is 1.92. The molecule has 9 heteroatoms. The van der Waals surface area contributed by atoms with Crippen molar-refractivity contribution in [2.75, 3.05) is 28.7 Å². The fraction of sp³-hybridized carbons (Fsp3) is 0.0952. The molecule has 3 aromatic rings. The third-order valence-corrected chi connectivity index (χ3v) is 5.43. The van der Waals surface area contributed by atoms with Gasteiger partial charge in [0.15, 0.2) is 0 Å². The summed E-state index contributed by atoms with van der Waals surface area (Å²) >= 11 is 2.66. The van der Waals surface area contributed by atoms with Gasteiger partial charge < -0.3 is 20.7 Å². The first kappa shape index (κ1) is 21.4. The number of benzene rings is 2. The minimum absolute atomic E-state index is 0.198. The zero-order valence-electron chi connectivity index (χ0n) is 16.3. The van der Waals surface area contributed by atoms with Gasteiger partial charge in [0.05, 0.1) is 10.4 Å². The SMILES string of the molecule is CNC(=O)c1ccc(NC(=O)c2csc(C(=O)Nc3cccc(NSC)c3)c2)cc1. The zero-order valence-corrected chi connectivity index (χ0v) is 17.9. The van der Waals surface area contributed by atoms with Gasteiger partial charge in [0.1, 0.15) is 0 Å². The molecule has 1 aromatic heterocycles. The summed E-state index contributed by atoms with van der Waals surface area (Å²) in [6, 6.07) is 15.5. The van der Waals surface area contributed by atoms with E-state index in [2.05, 4.69) is 20.7 Å². The molecule has 0 fully saturated rings. The molecule has 1 heterocycles. The molecule has 154 valence electrons. The normalized spacial score (nSPS) is 10.2. The second-order valence-electron chi connectivity index (χ2n) is 6.15. The maximum absolute atomic E-state index is 12.5. The van der Waals surface area contributed by atoms with Gasteiger partial charge in [-0.05, 0) is 48.5 Å². The van der Waals surface area contributed by atoms with Gasteiger partial charge >= 0.3 is 0 Å². The molecular formula is C21H20N4O3S2. The minimum Gasteiger partial charge on any atom is -0.355 e. The van der Waals surface area contributed by atoms with E-state index in [1.807, 2.05) is 24.5 Å². The van der Waals surface area contributed by atoms with Crippen LogP contribution >= 0.6 is 23.3 Å². The van der Waals surface area contributed by atoms with Gasteiger partial charge in [0.2, 0.25) is 0 Å². The predicted octanol–water partition coefficient (Wildman–Crippen LogP) is 4.30. The maximum atomic E-state index is 12.5. The topological polar surface area (TPSA) is 99.3 Å². The Morgan fingerprint density at radius 3 is 2.20 bits per heavy atom. The summed E-state index contributed by atoms with van der Waals surface area (Å²) in [7, 11) is 1.56. The molecule has 7 nitrogen and oxygen atoms in total. The van der Waals surface area contributed by atoms with E-state index in [-0.39, 0.29) is 17.7 Å². The van der Waals surface area contributed by atoms with Crippen LogP contribution < -0.4 is 20.7 Å². The van der Waals surface area contributed by atoms with E-state index in [0.717, 1.165) is 5.69 Å². The van der Waals surface area contributed by atoms with Crippen LogP contribution in [0.25, 0.3) is 0 Å². The molecule has 0 radical (unpaired) electrons. The fourth-order valence-corrected chi connectivity index (χ4v) is 3.74. The van der Waals surface area contributed by atoms with E-state index in [4.69, 9.17) is 0 Å². The van der Waals surface area contributed by atoms with Gasteiger partial charge in [0, 0.05) is 41.3 Å². The molecule has 0 aliphatic rings. The van der Waals surface area contributed by atoms with Crippen LogP contribution in [-0.4, -0.2) is 31.0 Å². The van der Waals surface area contributed by atoms with Gasteiger partial charge in [-0.15, -0.1) is 11.3 Å². The molecule has 4 N–H and O–H groups in total. The number of nitrogens with one attached hydrogen (secondary N) is 4. The Hall–Kier alpha value is -3.30. The van der Waals surface area contributed by atoms with E-state index in [1.165, 1.54) is 23.3 Å². The van der Waals surface area contributed by atoms with Gasteiger partial charge in [-0.2, -0.15) is 0 Å². The lowest BCUT2D eigenvalue weighted by molar-refractivity contribution is 0.0961. The minimum atomic E-state index is -0.329. The van der Waals surface area contributed by atoms with Gasteiger partial charge in [-0.25, -0.2) is 0 Å². The van der Waals surface area contributed by atoms with Crippen molar-refractivity contribution in [1.29, 1.82) is 0 Å². The highest BCUT2D eigenvalue weighted by Crippen LogP contribution is 2.21.